The lowest BCUT2D eigenvalue weighted by atomic mass is 9.75. The Morgan fingerprint density at radius 2 is 1.73 bits per heavy atom. The smallest absolute Gasteiger partial charge is 0.390 e. The van der Waals surface area contributed by atoms with Crippen LogP contribution >= 0.6 is 11.8 Å². The fourth-order valence-corrected chi connectivity index (χ4v) is 10.4. The molecule has 1 saturated carbocycles. The van der Waals surface area contributed by atoms with E-state index in [0.29, 0.717) is 67.4 Å². The van der Waals surface area contributed by atoms with Crippen LogP contribution in [0.4, 0.5) is 13.2 Å². The van der Waals surface area contributed by atoms with Crippen molar-refractivity contribution in [3.8, 4) is 11.3 Å². The monoisotopic (exact) mass is 770 g/mol. The highest BCUT2D eigenvalue weighted by atomic mass is 32.2. The normalized spacial score (nSPS) is 23.9. The van der Waals surface area contributed by atoms with E-state index in [2.05, 4.69) is 15.1 Å². The van der Waals surface area contributed by atoms with Gasteiger partial charge in [0.25, 0.3) is 0 Å². The van der Waals surface area contributed by atoms with Crippen molar-refractivity contribution in [1.82, 2.24) is 29.2 Å². The number of carbonyl (C=O) groups excluding carboxylic acids is 1. The first-order chi connectivity index (χ1) is 24.7. The molecule has 1 aliphatic carbocycles. The van der Waals surface area contributed by atoms with Crippen molar-refractivity contribution in [3.63, 3.8) is 0 Å². The van der Waals surface area contributed by atoms with E-state index in [1.807, 2.05) is 0 Å². The van der Waals surface area contributed by atoms with E-state index < -0.39 is 39.9 Å². The van der Waals surface area contributed by atoms with E-state index in [0.717, 1.165) is 50.0 Å². The number of alkyl halides is 3. The van der Waals surface area contributed by atoms with Gasteiger partial charge in [0, 0.05) is 85.7 Å². The van der Waals surface area contributed by atoms with E-state index >= 15 is 0 Å². The summed E-state index contributed by atoms with van der Waals surface area (Å²) in [6.45, 7) is 6.23. The lowest BCUT2D eigenvalue weighted by Gasteiger charge is -2.41. The number of nitrogens with zero attached hydrogens (tertiary/aromatic N) is 5. The van der Waals surface area contributed by atoms with E-state index in [1.54, 1.807) is 10.7 Å². The number of fused-ring (bicyclic) bond motifs is 2. The third kappa shape index (κ3) is 9.71. The Hall–Kier alpha value is -2.21. The van der Waals surface area contributed by atoms with Gasteiger partial charge in [-0.2, -0.15) is 22.6 Å². The first-order valence-electron chi connectivity index (χ1n) is 18.6. The van der Waals surface area contributed by atoms with Crippen LogP contribution in [0.1, 0.15) is 68.7 Å². The summed E-state index contributed by atoms with van der Waals surface area (Å²) >= 11 is 1.21. The number of hydrogen-bond acceptors (Lipinski definition) is 9. The molecule has 3 fully saturated rings. The topological polar surface area (TPSA) is 131 Å². The van der Waals surface area contributed by atoms with E-state index in [4.69, 9.17) is 5.10 Å². The van der Waals surface area contributed by atoms with Crippen LogP contribution in [0.5, 0.6) is 0 Å². The molecule has 6 rings (SSSR count). The SMILES string of the molecule is C[C@H](O)C(=O)NC1CCN(C[C@H](O)Cn2nc(-c3ccc(C(F)(F)F)c(SCCN4CCC5CCCCC5C4)c3)c3c2CCN(S(C)(=O)=O)C3)CC1. The summed E-state index contributed by atoms with van der Waals surface area (Å²) < 4.78 is 71.1. The number of aliphatic hydroxyl groups is 2. The number of rotatable bonds is 12. The third-order valence-corrected chi connectivity index (χ3v) is 13.6. The summed E-state index contributed by atoms with van der Waals surface area (Å²) in [6, 6.07) is 4.03. The molecule has 1 aromatic heterocycles. The number of β-amino-alcohol motifs (C(OH)–C–C–N with tert-alkyl or cyclic N) is 1. The number of benzene rings is 1. The third-order valence-electron chi connectivity index (χ3n) is 11.3. The van der Waals surface area contributed by atoms with Gasteiger partial charge < -0.3 is 25.3 Å². The number of nitrogens with one attached hydrogen (secondary N) is 1. The summed E-state index contributed by atoms with van der Waals surface area (Å²) in [5, 5.41) is 28.4. The van der Waals surface area contributed by atoms with Crippen molar-refractivity contribution >= 4 is 27.7 Å². The van der Waals surface area contributed by atoms with Gasteiger partial charge in [0.1, 0.15) is 6.10 Å². The van der Waals surface area contributed by atoms with Crippen LogP contribution in [-0.2, 0) is 40.5 Å². The lowest BCUT2D eigenvalue weighted by molar-refractivity contribution is -0.139. The number of aromatic nitrogens is 2. The molecule has 0 radical (unpaired) electrons. The zero-order chi connectivity index (χ0) is 37.2. The van der Waals surface area contributed by atoms with Crippen LogP contribution in [0.2, 0.25) is 0 Å². The molecule has 3 aliphatic heterocycles. The van der Waals surface area contributed by atoms with Gasteiger partial charge in [-0.3, -0.25) is 9.48 Å². The Balaban J connectivity index is 1.18. The minimum atomic E-state index is -4.53. The molecule has 1 amide bonds. The maximum atomic E-state index is 14.3. The average Bonchev–Trinajstić information content (AvgIpc) is 3.45. The van der Waals surface area contributed by atoms with Crippen LogP contribution in [0.3, 0.4) is 0 Å². The van der Waals surface area contributed by atoms with Crippen LogP contribution in [-0.4, -0.2) is 124 Å². The molecule has 4 atom stereocenters. The molecule has 3 N–H and O–H groups in total. The molecule has 52 heavy (non-hydrogen) atoms. The van der Waals surface area contributed by atoms with Crippen molar-refractivity contribution in [1.29, 1.82) is 0 Å². The zero-order valence-electron chi connectivity index (χ0n) is 30.2. The molecule has 290 valence electrons. The number of aliphatic hydroxyl groups excluding tert-OH is 2. The van der Waals surface area contributed by atoms with Crippen molar-refractivity contribution in [3.05, 3.63) is 35.0 Å². The number of hydrogen-bond donors (Lipinski definition) is 3. The number of thioether (sulfide) groups is 1. The van der Waals surface area contributed by atoms with Crippen molar-refractivity contribution in [2.24, 2.45) is 11.8 Å². The Labute approximate surface area is 309 Å². The molecule has 2 saturated heterocycles. The van der Waals surface area contributed by atoms with Crippen LogP contribution in [0.25, 0.3) is 11.3 Å². The molecule has 2 aromatic rings. The second-order valence-electron chi connectivity index (χ2n) is 15.2. The number of likely N-dealkylation sites (tertiary alicyclic amines) is 2. The highest BCUT2D eigenvalue weighted by molar-refractivity contribution is 7.99. The van der Waals surface area contributed by atoms with Gasteiger partial charge in [-0.15, -0.1) is 11.8 Å². The molecule has 0 bridgehead atoms. The summed E-state index contributed by atoms with van der Waals surface area (Å²) in [5.74, 6) is 1.59. The maximum Gasteiger partial charge on any atom is 0.417 e. The van der Waals surface area contributed by atoms with E-state index in [1.165, 1.54) is 54.7 Å². The van der Waals surface area contributed by atoms with Gasteiger partial charge in [-0.25, -0.2) is 8.42 Å². The fraction of sp³-hybridized carbons (Fsp3) is 0.722. The number of halogens is 3. The van der Waals surface area contributed by atoms with Gasteiger partial charge in [0.15, 0.2) is 0 Å². The molecule has 11 nitrogen and oxygen atoms in total. The fourth-order valence-electron chi connectivity index (χ4n) is 8.46. The molecule has 4 heterocycles. The summed E-state index contributed by atoms with van der Waals surface area (Å²) in [7, 11) is -3.54. The van der Waals surface area contributed by atoms with Gasteiger partial charge >= 0.3 is 6.18 Å². The van der Waals surface area contributed by atoms with Crippen molar-refractivity contribution in [2.75, 3.05) is 57.8 Å². The number of carbonyl (C=O) groups is 1. The minimum Gasteiger partial charge on any atom is -0.390 e. The Morgan fingerprint density at radius 3 is 2.42 bits per heavy atom. The Bertz CT molecular complexity index is 1660. The second kappa shape index (κ2) is 16.7. The molecular weight excluding hydrogens is 718 g/mol. The number of piperidine rings is 2. The van der Waals surface area contributed by atoms with Crippen LogP contribution < -0.4 is 5.32 Å². The standard InChI is InChI=1S/C36H53F3N6O5S2/c1-24(46)35(48)40-28-10-14-42(15-11-28)21-29(47)22-45-32-12-16-44(52(2,49)50)23-30(32)34(41-45)26-7-8-31(36(37,38)39)33(19-26)51-18-17-43-13-9-25-5-3-4-6-27(25)20-43/h7-8,19,24-25,27-29,46-47H,3-6,9-18,20-23H2,1-2H3,(H,40,48)/t24-,25?,27?,29-/m0/s1. The van der Waals surface area contributed by atoms with Crippen LogP contribution in [0.15, 0.2) is 23.1 Å². The molecular formula is C36H53F3N6O5S2. The Kier molecular flexibility index (Phi) is 12.6. The predicted molar refractivity (Wildman–Crippen MR) is 194 cm³/mol. The zero-order valence-corrected chi connectivity index (χ0v) is 31.8. The summed E-state index contributed by atoms with van der Waals surface area (Å²) in [6.07, 6.45) is 2.71. The maximum absolute atomic E-state index is 14.3. The number of amides is 1. The Morgan fingerprint density at radius 1 is 1.02 bits per heavy atom. The first-order valence-corrected chi connectivity index (χ1v) is 21.5. The second-order valence-corrected chi connectivity index (χ2v) is 18.3. The number of sulfonamides is 1. The van der Waals surface area contributed by atoms with Gasteiger partial charge in [0.2, 0.25) is 15.9 Å². The largest absolute Gasteiger partial charge is 0.417 e. The van der Waals surface area contributed by atoms with E-state index in [-0.39, 0.29) is 30.6 Å². The predicted octanol–water partition coefficient (Wildman–Crippen LogP) is 3.81. The average molecular weight is 771 g/mol. The van der Waals surface area contributed by atoms with Gasteiger partial charge in [0.05, 0.1) is 30.2 Å². The quantitative estimate of drug-likeness (QED) is 0.276. The van der Waals surface area contributed by atoms with Crippen molar-refractivity contribution in [2.45, 2.75) is 101 Å². The van der Waals surface area contributed by atoms with Gasteiger partial charge in [-0.1, -0.05) is 25.3 Å². The molecule has 4 aliphatic rings. The first kappa shape index (κ1) is 39.5. The molecule has 0 spiro atoms. The minimum absolute atomic E-state index is 0.0464. The highest BCUT2D eigenvalue weighted by Crippen LogP contribution is 2.41. The summed E-state index contributed by atoms with van der Waals surface area (Å²) in [5.41, 5.74) is 1.64. The highest BCUT2D eigenvalue weighted by Gasteiger charge is 2.36. The lowest BCUT2D eigenvalue weighted by Crippen LogP contribution is -2.48. The van der Waals surface area contributed by atoms with Gasteiger partial charge in [-0.05, 0) is 63.1 Å². The molecule has 16 heteroatoms. The molecule has 1 aromatic carbocycles. The van der Waals surface area contributed by atoms with Crippen LogP contribution in [0, 0.1) is 11.8 Å². The molecule has 2 unspecified atom stereocenters. The summed E-state index contributed by atoms with van der Waals surface area (Å²) in [4.78, 5) is 16.5. The van der Waals surface area contributed by atoms with Crippen molar-refractivity contribution < 1.29 is 36.6 Å². The van der Waals surface area contributed by atoms with E-state index in [9.17, 15) is 36.6 Å².